The van der Waals surface area contributed by atoms with Crippen LogP contribution >= 0.6 is 23.5 Å². The molecule has 4 heteroatoms. The van der Waals surface area contributed by atoms with E-state index in [4.69, 9.17) is 4.99 Å². The van der Waals surface area contributed by atoms with Gasteiger partial charge in [0.25, 0.3) is 0 Å². The summed E-state index contributed by atoms with van der Waals surface area (Å²) in [5.74, 6) is 3.39. The van der Waals surface area contributed by atoms with Crippen molar-refractivity contribution >= 4 is 28.7 Å². The van der Waals surface area contributed by atoms with E-state index < -0.39 is 0 Å². The lowest BCUT2D eigenvalue weighted by molar-refractivity contribution is 0.529. The minimum absolute atomic E-state index is 0.566. The molecular weight excluding hydrogens is 236 g/mol. The quantitative estimate of drug-likeness (QED) is 0.839. The van der Waals surface area contributed by atoms with Gasteiger partial charge in [-0.25, -0.2) is 0 Å². The summed E-state index contributed by atoms with van der Waals surface area (Å²) in [4.78, 5) is 4.85. The Morgan fingerprint density at radius 1 is 1.56 bits per heavy atom. The van der Waals surface area contributed by atoms with Crippen LogP contribution in [0, 0.1) is 5.92 Å². The Bertz CT molecular complexity index is 255. The van der Waals surface area contributed by atoms with Crippen molar-refractivity contribution in [3.63, 3.8) is 0 Å². The number of nitrogens with one attached hydrogen (secondary N) is 1. The molecule has 0 bridgehead atoms. The van der Waals surface area contributed by atoms with Crippen LogP contribution in [0.25, 0.3) is 0 Å². The highest BCUT2D eigenvalue weighted by Crippen LogP contribution is 2.35. The van der Waals surface area contributed by atoms with Crippen molar-refractivity contribution in [2.75, 3.05) is 17.8 Å². The second-order valence-electron chi connectivity index (χ2n) is 4.83. The average Bonchev–Trinajstić information content (AvgIpc) is 2.73. The van der Waals surface area contributed by atoms with Crippen LogP contribution in [0.15, 0.2) is 4.99 Å². The maximum absolute atomic E-state index is 4.85. The van der Waals surface area contributed by atoms with Gasteiger partial charge in [0.1, 0.15) is 0 Å². The van der Waals surface area contributed by atoms with Gasteiger partial charge in [-0.2, -0.15) is 11.8 Å². The summed E-state index contributed by atoms with van der Waals surface area (Å²) in [6.45, 7) is 2.26. The smallest absolute Gasteiger partial charge is 0.157 e. The highest BCUT2D eigenvalue weighted by molar-refractivity contribution is 8.13. The molecule has 0 spiro atoms. The molecule has 1 saturated carbocycles. The van der Waals surface area contributed by atoms with Crippen LogP contribution in [0.1, 0.15) is 32.6 Å². The number of hydrogen-bond donors (Lipinski definition) is 1. The van der Waals surface area contributed by atoms with Gasteiger partial charge in [-0.3, -0.25) is 4.99 Å². The van der Waals surface area contributed by atoms with Crippen LogP contribution < -0.4 is 5.32 Å². The van der Waals surface area contributed by atoms with Crippen molar-refractivity contribution in [1.82, 2.24) is 5.32 Å². The highest BCUT2D eigenvalue weighted by Gasteiger charge is 2.31. The third-order valence-corrected chi connectivity index (χ3v) is 5.20. The van der Waals surface area contributed by atoms with Crippen LogP contribution in [0.2, 0.25) is 0 Å². The maximum Gasteiger partial charge on any atom is 0.157 e. The zero-order valence-electron chi connectivity index (χ0n) is 10.2. The molecule has 92 valence electrons. The molecule has 0 aromatic heterocycles. The molecule has 2 nitrogen and oxygen atoms in total. The Labute approximate surface area is 107 Å². The minimum Gasteiger partial charge on any atom is -0.362 e. The van der Waals surface area contributed by atoms with E-state index in [1.165, 1.54) is 42.4 Å². The monoisotopic (exact) mass is 258 g/mol. The maximum atomic E-state index is 4.85. The summed E-state index contributed by atoms with van der Waals surface area (Å²) in [6, 6.07) is 1.20. The van der Waals surface area contributed by atoms with Crippen molar-refractivity contribution in [3.8, 4) is 0 Å². The molecule has 0 radical (unpaired) electrons. The number of hydrogen-bond acceptors (Lipinski definition) is 4. The third kappa shape index (κ3) is 3.33. The van der Waals surface area contributed by atoms with Gasteiger partial charge in [-0.15, -0.1) is 0 Å². The first-order valence-electron chi connectivity index (χ1n) is 6.25. The first-order chi connectivity index (χ1) is 7.79. The number of nitrogens with zero attached hydrogens (tertiary/aromatic N) is 1. The summed E-state index contributed by atoms with van der Waals surface area (Å²) in [5, 5.41) is 4.77. The predicted molar refractivity (Wildman–Crippen MR) is 76.6 cm³/mol. The fourth-order valence-corrected chi connectivity index (χ4v) is 4.26. The lowest BCUT2D eigenvalue weighted by atomic mass is 10.1. The first-order valence-corrected chi connectivity index (χ1v) is 8.63. The Morgan fingerprint density at radius 3 is 3.25 bits per heavy atom. The van der Waals surface area contributed by atoms with E-state index in [9.17, 15) is 0 Å². The van der Waals surface area contributed by atoms with Gasteiger partial charge >= 0.3 is 0 Å². The normalized spacial score (nSPS) is 30.8. The molecule has 1 aliphatic heterocycles. The van der Waals surface area contributed by atoms with Crippen molar-refractivity contribution in [2.24, 2.45) is 10.9 Å². The second-order valence-corrected chi connectivity index (χ2v) is 6.82. The molecule has 1 aliphatic carbocycles. The summed E-state index contributed by atoms with van der Waals surface area (Å²) in [6.07, 6.45) is 7.50. The minimum atomic E-state index is 0.566. The van der Waals surface area contributed by atoms with Crippen LogP contribution in [0.5, 0.6) is 0 Å². The number of fused-ring (bicyclic) bond motifs is 1. The molecule has 1 N–H and O–H groups in total. The van der Waals surface area contributed by atoms with Gasteiger partial charge < -0.3 is 5.32 Å². The van der Waals surface area contributed by atoms with Gasteiger partial charge in [0.15, 0.2) is 5.17 Å². The van der Waals surface area contributed by atoms with E-state index >= 15 is 0 Å². The molecule has 0 saturated heterocycles. The van der Waals surface area contributed by atoms with E-state index in [1.54, 1.807) is 0 Å². The van der Waals surface area contributed by atoms with E-state index in [1.807, 2.05) is 23.5 Å². The molecule has 0 aromatic rings. The van der Waals surface area contributed by atoms with Crippen LogP contribution in [-0.2, 0) is 0 Å². The lowest BCUT2D eigenvalue weighted by Gasteiger charge is -2.25. The standard InChI is InChI=1S/C12H22N2S2/c1-9(6-7-15-2)13-12-14-11-5-3-4-10(11)8-16-12/h9-11H,3-8H2,1-2H3,(H,13,14). The lowest BCUT2D eigenvalue weighted by Crippen LogP contribution is -2.35. The molecule has 0 aromatic carbocycles. The molecular formula is C12H22N2S2. The van der Waals surface area contributed by atoms with E-state index in [-0.39, 0.29) is 0 Å². The van der Waals surface area contributed by atoms with E-state index in [0.717, 1.165) is 5.92 Å². The van der Waals surface area contributed by atoms with Gasteiger partial charge in [-0.1, -0.05) is 18.2 Å². The Balaban J connectivity index is 1.81. The van der Waals surface area contributed by atoms with Crippen molar-refractivity contribution in [1.29, 1.82) is 0 Å². The number of amidine groups is 1. The second kappa shape index (κ2) is 6.20. The number of thioether (sulfide) groups is 2. The molecule has 2 aliphatic rings. The van der Waals surface area contributed by atoms with Crippen molar-refractivity contribution in [2.45, 2.75) is 44.7 Å². The molecule has 0 amide bonds. The van der Waals surface area contributed by atoms with Crippen LogP contribution in [0.3, 0.4) is 0 Å². The fraction of sp³-hybridized carbons (Fsp3) is 0.917. The highest BCUT2D eigenvalue weighted by atomic mass is 32.2. The summed E-state index contributed by atoms with van der Waals surface area (Å²) >= 11 is 3.85. The Kier molecular flexibility index (Phi) is 4.89. The van der Waals surface area contributed by atoms with Gasteiger partial charge in [0.05, 0.1) is 6.04 Å². The van der Waals surface area contributed by atoms with E-state index in [2.05, 4.69) is 18.5 Å². The van der Waals surface area contributed by atoms with Crippen molar-refractivity contribution < 1.29 is 0 Å². The molecule has 1 heterocycles. The SMILES string of the molecule is CSCCC(C)NC1=NC2CCCC2CS1. The molecule has 2 rings (SSSR count). The predicted octanol–water partition coefficient (Wildman–Crippen LogP) is 2.99. The zero-order chi connectivity index (χ0) is 11.4. The van der Waals surface area contributed by atoms with Crippen LogP contribution in [-0.4, -0.2) is 35.0 Å². The molecule has 16 heavy (non-hydrogen) atoms. The number of rotatable bonds is 4. The zero-order valence-corrected chi connectivity index (χ0v) is 11.9. The van der Waals surface area contributed by atoms with Gasteiger partial charge in [0, 0.05) is 11.8 Å². The van der Waals surface area contributed by atoms with Crippen LogP contribution in [0.4, 0.5) is 0 Å². The average molecular weight is 258 g/mol. The molecule has 3 atom stereocenters. The first kappa shape index (κ1) is 12.6. The Morgan fingerprint density at radius 2 is 2.44 bits per heavy atom. The summed E-state index contributed by atoms with van der Waals surface area (Å²) in [7, 11) is 0. The molecule has 1 fully saturated rings. The number of aliphatic imine (C=N–C) groups is 1. The largest absolute Gasteiger partial charge is 0.362 e. The topological polar surface area (TPSA) is 24.4 Å². The molecule has 3 unspecified atom stereocenters. The van der Waals surface area contributed by atoms with Crippen molar-refractivity contribution in [3.05, 3.63) is 0 Å². The Hall–Kier alpha value is 0.170. The summed E-state index contributed by atoms with van der Waals surface area (Å²) < 4.78 is 0. The van der Waals surface area contributed by atoms with Gasteiger partial charge in [0.2, 0.25) is 0 Å². The van der Waals surface area contributed by atoms with Gasteiger partial charge in [-0.05, 0) is 44.1 Å². The third-order valence-electron chi connectivity index (χ3n) is 3.46. The van der Waals surface area contributed by atoms with E-state index in [0.29, 0.717) is 12.1 Å². The summed E-state index contributed by atoms with van der Waals surface area (Å²) in [5.41, 5.74) is 0. The fourth-order valence-electron chi connectivity index (χ4n) is 2.41.